The summed E-state index contributed by atoms with van der Waals surface area (Å²) in [5, 5.41) is 2.43. The Morgan fingerprint density at radius 1 is 1.40 bits per heavy atom. The van der Waals surface area contributed by atoms with Gasteiger partial charge in [-0.1, -0.05) is 12.1 Å². The molecule has 1 fully saturated rings. The van der Waals surface area contributed by atoms with Crippen molar-refractivity contribution < 1.29 is 27.1 Å². The predicted molar refractivity (Wildman–Crippen MR) is 62.2 cm³/mol. The Hall–Kier alpha value is -1.63. The molecular weight excluding hydrogens is 278 g/mol. The predicted octanol–water partition coefficient (Wildman–Crippen LogP) is 2.50. The van der Waals surface area contributed by atoms with Crippen molar-refractivity contribution in [3.05, 3.63) is 35.1 Å². The van der Waals surface area contributed by atoms with E-state index in [1.54, 1.807) is 0 Å². The number of hydrogen-bond acceptors (Lipinski definition) is 2. The summed E-state index contributed by atoms with van der Waals surface area (Å²) in [6, 6.07) is 3.01. The van der Waals surface area contributed by atoms with Crippen LogP contribution in [0.3, 0.4) is 0 Å². The van der Waals surface area contributed by atoms with Crippen LogP contribution in [0, 0.1) is 11.7 Å². The highest BCUT2D eigenvalue weighted by molar-refractivity contribution is 5.78. The zero-order valence-electron chi connectivity index (χ0n) is 10.5. The average molecular weight is 291 g/mol. The van der Waals surface area contributed by atoms with Gasteiger partial charge in [0.2, 0.25) is 5.91 Å². The van der Waals surface area contributed by atoms with E-state index in [1.165, 1.54) is 6.07 Å². The van der Waals surface area contributed by atoms with Crippen LogP contribution in [-0.4, -0.2) is 19.1 Å². The third kappa shape index (κ3) is 3.27. The van der Waals surface area contributed by atoms with Crippen LogP contribution in [0.5, 0.6) is 0 Å². The molecule has 0 radical (unpaired) electrons. The van der Waals surface area contributed by atoms with Crippen molar-refractivity contribution in [2.45, 2.75) is 19.1 Å². The maximum absolute atomic E-state index is 13.7. The molecule has 0 bridgehead atoms. The molecule has 0 aromatic heterocycles. The van der Waals surface area contributed by atoms with Crippen molar-refractivity contribution in [3.8, 4) is 0 Å². The second-order valence-electron chi connectivity index (χ2n) is 4.55. The molecular formula is C13H13F4NO2. The molecule has 0 aliphatic carbocycles. The molecule has 0 spiro atoms. The lowest BCUT2D eigenvalue weighted by Gasteiger charge is -2.13. The van der Waals surface area contributed by atoms with Crippen molar-refractivity contribution >= 4 is 5.91 Å². The molecule has 1 N–H and O–H groups in total. The van der Waals surface area contributed by atoms with Gasteiger partial charge in [0.05, 0.1) is 18.1 Å². The zero-order chi connectivity index (χ0) is 14.8. The fourth-order valence-corrected chi connectivity index (χ4v) is 2.00. The van der Waals surface area contributed by atoms with Gasteiger partial charge in [-0.05, 0) is 12.5 Å². The maximum Gasteiger partial charge on any atom is 0.419 e. The summed E-state index contributed by atoms with van der Waals surface area (Å²) >= 11 is 0. The third-order valence-corrected chi connectivity index (χ3v) is 3.14. The molecule has 2 rings (SSSR count). The lowest BCUT2D eigenvalue weighted by molar-refractivity contribution is -0.140. The fourth-order valence-electron chi connectivity index (χ4n) is 2.00. The number of halogens is 4. The minimum absolute atomic E-state index is 0.188. The van der Waals surface area contributed by atoms with Gasteiger partial charge in [0.1, 0.15) is 5.82 Å². The Morgan fingerprint density at radius 2 is 2.15 bits per heavy atom. The van der Waals surface area contributed by atoms with Crippen molar-refractivity contribution in [2.75, 3.05) is 13.2 Å². The van der Waals surface area contributed by atoms with E-state index in [4.69, 9.17) is 4.74 Å². The molecule has 0 saturated carbocycles. The molecule has 7 heteroatoms. The Morgan fingerprint density at radius 3 is 2.75 bits per heavy atom. The molecule has 3 nitrogen and oxygen atoms in total. The van der Waals surface area contributed by atoms with Gasteiger partial charge in [-0.3, -0.25) is 4.79 Å². The highest BCUT2D eigenvalue weighted by atomic mass is 19.4. The summed E-state index contributed by atoms with van der Waals surface area (Å²) in [6.07, 6.45) is -4.18. The number of amides is 1. The first-order valence-corrected chi connectivity index (χ1v) is 6.09. The third-order valence-electron chi connectivity index (χ3n) is 3.14. The molecule has 1 heterocycles. The van der Waals surface area contributed by atoms with Crippen LogP contribution >= 0.6 is 0 Å². The standard InChI is InChI=1S/C13H13F4NO2/c14-11-8(2-1-3-10(11)13(15,16)17)6-18-12(19)9-4-5-20-7-9/h1-3,9H,4-7H2,(H,18,19). The van der Waals surface area contributed by atoms with Gasteiger partial charge in [0.25, 0.3) is 0 Å². The number of alkyl halides is 3. The topological polar surface area (TPSA) is 38.3 Å². The molecule has 1 aliphatic heterocycles. The van der Waals surface area contributed by atoms with Crippen LogP contribution in [-0.2, 0) is 22.3 Å². The van der Waals surface area contributed by atoms with E-state index in [9.17, 15) is 22.4 Å². The van der Waals surface area contributed by atoms with E-state index in [0.29, 0.717) is 19.1 Å². The van der Waals surface area contributed by atoms with Gasteiger partial charge in [-0.15, -0.1) is 0 Å². The first-order chi connectivity index (χ1) is 9.39. The zero-order valence-corrected chi connectivity index (χ0v) is 10.5. The highest BCUT2D eigenvalue weighted by Gasteiger charge is 2.34. The summed E-state index contributed by atoms with van der Waals surface area (Å²) in [5.41, 5.74) is -1.51. The minimum atomic E-state index is -4.75. The monoisotopic (exact) mass is 291 g/mol. The molecule has 1 aliphatic rings. The van der Waals surface area contributed by atoms with E-state index >= 15 is 0 Å². The Balaban J connectivity index is 2.04. The van der Waals surface area contributed by atoms with Gasteiger partial charge in [-0.25, -0.2) is 4.39 Å². The van der Waals surface area contributed by atoms with Gasteiger partial charge in [0.15, 0.2) is 0 Å². The quantitative estimate of drug-likeness (QED) is 0.869. The van der Waals surface area contributed by atoms with Crippen LogP contribution in [0.4, 0.5) is 17.6 Å². The number of ether oxygens (including phenoxy) is 1. The van der Waals surface area contributed by atoms with Crippen molar-refractivity contribution in [1.29, 1.82) is 0 Å². The van der Waals surface area contributed by atoms with E-state index in [-0.39, 0.29) is 30.5 Å². The number of nitrogens with one attached hydrogen (secondary N) is 1. The first-order valence-electron chi connectivity index (χ1n) is 6.09. The molecule has 20 heavy (non-hydrogen) atoms. The van der Waals surface area contributed by atoms with E-state index < -0.39 is 17.6 Å². The molecule has 1 atom stereocenters. The average Bonchev–Trinajstić information content (AvgIpc) is 2.89. The minimum Gasteiger partial charge on any atom is -0.381 e. The lowest BCUT2D eigenvalue weighted by atomic mass is 10.1. The maximum atomic E-state index is 13.7. The number of carbonyl (C=O) groups is 1. The number of hydrogen-bond donors (Lipinski definition) is 1. The largest absolute Gasteiger partial charge is 0.419 e. The van der Waals surface area contributed by atoms with Gasteiger partial charge in [0, 0.05) is 18.7 Å². The van der Waals surface area contributed by atoms with Crippen LogP contribution < -0.4 is 5.32 Å². The second-order valence-corrected chi connectivity index (χ2v) is 4.55. The number of benzene rings is 1. The normalized spacial score (nSPS) is 19.1. The van der Waals surface area contributed by atoms with Crippen LogP contribution in [0.1, 0.15) is 17.5 Å². The summed E-state index contributed by atoms with van der Waals surface area (Å²) in [7, 11) is 0. The molecule has 1 aromatic rings. The molecule has 110 valence electrons. The van der Waals surface area contributed by atoms with E-state index in [0.717, 1.165) is 6.07 Å². The van der Waals surface area contributed by atoms with Crippen LogP contribution in [0.25, 0.3) is 0 Å². The van der Waals surface area contributed by atoms with Crippen LogP contribution in [0.2, 0.25) is 0 Å². The van der Waals surface area contributed by atoms with Gasteiger partial charge < -0.3 is 10.1 Å². The summed E-state index contributed by atoms with van der Waals surface area (Å²) in [6.45, 7) is 0.498. The second kappa shape index (κ2) is 5.78. The number of carbonyl (C=O) groups excluding carboxylic acids is 1. The lowest BCUT2D eigenvalue weighted by Crippen LogP contribution is -2.31. The number of rotatable bonds is 3. The fraction of sp³-hybridized carbons (Fsp3) is 0.462. The van der Waals surface area contributed by atoms with Crippen LogP contribution in [0.15, 0.2) is 18.2 Å². The summed E-state index contributed by atoms with van der Waals surface area (Å²) in [4.78, 5) is 11.7. The SMILES string of the molecule is O=C(NCc1cccc(C(F)(F)F)c1F)C1CCOC1. The van der Waals surface area contributed by atoms with Crippen molar-refractivity contribution in [2.24, 2.45) is 5.92 Å². The van der Waals surface area contributed by atoms with Gasteiger partial charge in [-0.2, -0.15) is 13.2 Å². The van der Waals surface area contributed by atoms with Crippen molar-refractivity contribution in [3.63, 3.8) is 0 Å². The Labute approximate surface area is 112 Å². The van der Waals surface area contributed by atoms with Crippen molar-refractivity contribution in [1.82, 2.24) is 5.32 Å². The molecule has 1 unspecified atom stereocenters. The van der Waals surface area contributed by atoms with E-state index in [1.807, 2.05) is 0 Å². The summed E-state index contributed by atoms with van der Waals surface area (Å²) < 4.78 is 56.3. The molecule has 1 amide bonds. The Bertz CT molecular complexity index is 496. The van der Waals surface area contributed by atoms with E-state index in [2.05, 4.69) is 5.32 Å². The van der Waals surface area contributed by atoms with Gasteiger partial charge >= 0.3 is 6.18 Å². The first kappa shape index (κ1) is 14.8. The molecule has 1 saturated heterocycles. The highest BCUT2D eigenvalue weighted by Crippen LogP contribution is 2.32. The Kier molecular flexibility index (Phi) is 4.27. The smallest absolute Gasteiger partial charge is 0.381 e. The molecule has 1 aromatic carbocycles. The summed E-state index contributed by atoms with van der Waals surface area (Å²) in [5.74, 6) is -1.99.